The molecular formula is C18H31N3O9. The Bertz CT molecular complexity index is 615. The summed E-state index contributed by atoms with van der Waals surface area (Å²) in [5.41, 5.74) is -0.661. The van der Waals surface area contributed by atoms with Gasteiger partial charge < -0.3 is 20.4 Å². The number of carboxylic acid groups (broad SMARTS) is 4. The Labute approximate surface area is 174 Å². The lowest BCUT2D eigenvalue weighted by molar-refractivity contribution is -0.143. The van der Waals surface area contributed by atoms with Gasteiger partial charge in [0.15, 0.2) is 5.78 Å². The molecule has 0 rings (SSSR count). The molecule has 0 radical (unpaired) electrons. The lowest BCUT2D eigenvalue weighted by Gasteiger charge is -2.28. The maximum absolute atomic E-state index is 12.2. The normalized spacial score (nSPS) is 11.8. The molecule has 0 aliphatic carbocycles. The van der Waals surface area contributed by atoms with E-state index in [0.717, 1.165) is 4.90 Å². The second-order valence-electron chi connectivity index (χ2n) is 7.95. The number of ketones is 1. The zero-order valence-corrected chi connectivity index (χ0v) is 17.5. The second-order valence-corrected chi connectivity index (χ2v) is 7.95. The van der Waals surface area contributed by atoms with Crippen molar-refractivity contribution in [1.29, 1.82) is 0 Å². The van der Waals surface area contributed by atoms with Gasteiger partial charge in [-0.3, -0.25) is 38.7 Å². The molecule has 0 saturated carbocycles. The van der Waals surface area contributed by atoms with Crippen LogP contribution in [0.25, 0.3) is 0 Å². The lowest BCUT2D eigenvalue weighted by atomic mass is 9.90. The van der Waals surface area contributed by atoms with Gasteiger partial charge in [-0.25, -0.2) is 0 Å². The summed E-state index contributed by atoms with van der Waals surface area (Å²) >= 11 is 0. The van der Waals surface area contributed by atoms with Crippen molar-refractivity contribution < 1.29 is 44.4 Å². The summed E-state index contributed by atoms with van der Waals surface area (Å²) in [6, 6.07) is 0. The van der Waals surface area contributed by atoms with E-state index in [-0.39, 0.29) is 38.5 Å². The molecule has 0 saturated heterocycles. The first-order chi connectivity index (χ1) is 13.7. The Morgan fingerprint density at radius 1 is 0.533 bits per heavy atom. The zero-order valence-electron chi connectivity index (χ0n) is 17.5. The summed E-state index contributed by atoms with van der Waals surface area (Å²) in [6.45, 7) is 3.45. The first kappa shape index (κ1) is 27.4. The molecule has 0 bridgehead atoms. The minimum atomic E-state index is -1.21. The molecule has 0 aromatic heterocycles. The molecule has 0 fully saturated rings. The molecule has 0 aromatic rings. The smallest absolute Gasteiger partial charge is 0.317 e. The number of carboxylic acids is 4. The highest BCUT2D eigenvalue weighted by Crippen LogP contribution is 2.15. The fourth-order valence-electron chi connectivity index (χ4n) is 2.47. The quantitative estimate of drug-likeness (QED) is 0.230. The van der Waals surface area contributed by atoms with E-state index in [1.807, 2.05) is 0 Å². The Morgan fingerprint density at radius 3 is 1.10 bits per heavy atom. The van der Waals surface area contributed by atoms with Gasteiger partial charge in [0.25, 0.3) is 0 Å². The molecule has 0 aliphatic heterocycles. The lowest BCUT2D eigenvalue weighted by Crippen LogP contribution is -2.46. The largest absolute Gasteiger partial charge is 0.480 e. The Hall–Kier alpha value is -2.57. The molecule has 4 N–H and O–H groups in total. The average Bonchev–Trinajstić information content (AvgIpc) is 2.53. The predicted octanol–water partition coefficient (Wildman–Crippen LogP) is -1.15. The standard InChI is InChI=1S/C18H31N3O9/c1-18(2,3)13(22)8-20(10-15(25)26)6-4-19(9-14(23)24)5-7-21(11-16(27)28)12-17(29)30/h4-12H2,1-3H3,(H,23,24)(H,25,26)(H,27,28)(H,29,30). The van der Waals surface area contributed by atoms with Crippen LogP contribution in [-0.4, -0.2) is 124 Å². The number of carbonyl (C=O) groups excluding carboxylic acids is 1. The monoisotopic (exact) mass is 433 g/mol. The van der Waals surface area contributed by atoms with Crippen molar-refractivity contribution in [3.63, 3.8) is 0 Å². The highest BCUT2D eigenvalue weighted by atomic mass is 16.4. The Balaban J connectivity index is 5.06. The first-order valence-electron chi connectivity index (χ1n) is 9.28. The number of hydrogen-bond acceptors (Lipinski definition) is 8. The van der Waals surface area contributed by atoms with Crippen LogP contribution >= 0.6 is 0 Å². The molecule has 12 heteroatoms. The maximum Gasteiger partial charge on any atom is 0.317 e. The van der Waals surface area contributed by atoms with E-state index in [1.54, 1.807) is 20.8 Å². The van der Waals surface area contributed by atoms with E-state index < -0.39 is 55.5 Å². The topological polar surface area (TPSA) is 176 Å². The summed E-state index contributed by atoms with van der Waals surface area (Å²) in [5.74, 6) is -4.87. The molecule has 0 unspecified atom stereocenters. The van der Waals surface area contributed by atoms with Crippen LogP contribution in [0.4, 0.5) is 0 Å². The molecule has 0 atom stereocenters. The molecule has 12 nitrogen and oxygen atoms in total. The van der Waals surface area contributed by atoms with Crippen LogP contribution in [0.3, 0.4) is 0 Å². The number of nitrogens with zero attached hydrogens (tertiary/aromatic N) is 3. The molecule has 0 amide bonds. The van der Waals surface area contributed by atoms with Crippen molar-refractivity contribution in [1.82, 2.24) is 14.7 Å². The summed E-state index contributed by atoms with van der Waals surface area (Å²) in [6.07, 6.45) is 0. The van der Waals surface area contributed by atoms with E-state index in [4.69, 9.17) is 20.4 Å². The third-order valence-corrected chi connectivity index (χ3v) is 4.10. The van der Waals surface area contributed by atoms with E-state index in [9.17, 15) is 24.0 Å². The number of carbonyl (C=O) groups is 5. The molecule has 172 valence electrons. The van der Waals surface area contributed by atoms with Crippen molar-refractivity contribution in [3.8, 4) is 0 Å². The third kappa shape index (κ3) is 13.6. The predicted molar refractivity (Wildman–Crippen MR) is 104 cm³/mol. The van der Waals surface area contributed by atoms with Crippen LogP contribution in [-0.2, 0) is 24.0 Å². The van der Waals surface area contributed by atoms with Crippen LogP contribution < -0.4 is 0 Å². The fraction of sp³-hybridized carbons (Fsp3) is 0.722. The fourth-order valence-corrected chi connectivity index (χ4v) is 2.47. The van der Waals surface area contributed by atoms with Gasteiger partial charge in [-0.15, -0.1) is 0 Å². The first-order valence-corrected chi connectivity index (χ1v) is 9.28. The minimum absolute atomic E-state index is 0.00820. The highest BCUT2D eigenvalue weighted by molar-refractivity contribution is 5.86. The third-order valence-electron chi connectivity index (χ3n) is 4.10. The summed E-state index contributed by atoms with van der Waals surface area (Å²) < 4.78 is 0. The van der Waals surface area contributed by atoms with Crippen molar-refractivity contribution in [3.05, 3.63) is 0 Å². The Kier molecular flexibility index (Phi) is 11.8. The van der Waals surface area contributed by atoms with E-state index in [2.05, 4.69) is 0 Å². The van der Waals surface area contributed by atoms with Crippen molar-refractivity contribution in [2.24, 2.45) is 5.41 Å². The van der Waals surface area contributed by atoms with Gasteiger partial charge in [-0.2, -0.15) is 0 Å². The number of rotatable bonds is 16. The van der Waals surface area contributed by atoms with E-state index in [1.165, 1.54) is 9.80 Å². The highest BCUT2D eigenvalue weighted by Gasteiger charge is 2.25. The number of Topliss-reactive ketones (excluding diaryl/α,β-unsaturated/α-hetero) is 1. The molecule has 0 aliphatic rings. The van der Waals surface area contributed by atoms with Gasteiger partial charge in [0.1, 0.15) is 0 Å². The SMILES string of the molecule is CC(C)(C)C(=O)CN(CCN(CCN(CC(=O)O)CC(=O)O)CC(=O)O)CC(=O)O. The van der Waals surface area contributed by atoms with Crippen LogP contribution in [0.1, 0.15) is 20.8 Å². The van der Waals surface area contributed by atoms with Crippen molar-refractivity contribution >= 4 is 29.7 Å². The molecule has 30 heavy (non-hydrogen) atoms. The van der Waals surface area contributed by atoms with Gasteiger partial charge in [-0.1, -0.05) is 20.8 Å². The van der Waals surface area contributed by atoms with Gasteiger partial charge in [0.05, 0.1) is 32.7 Å². The van der Waals surface area contributed by atoms with Crippen LogP contribution in [0.5, 0.6) is 0 Å². The summed E-state index contributed by atoms with van der Waals surface area (Å²) in [4.78, 5) is 60.2. The van der Waals surface area contributed by atoms with Gasteiger partial charge in [0.2, 0.25) is 0 Å². The van der Waals surface area contributed by atoms with Gasteiger partial charge in [0, 0.05) is 31.6 Å². The molecule has 0 spiro atoms. The van der Waals surface area contributed by atoms with Gasteiger partial charge in [-0.05, 0) is 0 Å². The van der Waals surface area contributed by atoms with E-state index in [0.29, 0.717) is 0 Å². The molecule has 0 aromatic carbocycles. The van der Waals surface area contributed by atoms with E-state index >= 15 is 0 Å². The Morgan fingerprint density at radius 2 is 0.800 bits per heavy atom. The second kappa shape index (κ2) is 12.9. The average molecular weight is 433 g/mol. The van der Waals surface area contributed by atoms with Crippen LogP contribution in [0.2, 0.25) is 0 Å². The van der Waals surface area contributed by atoms with Crippen molar-refractivity contribution in [2.75, 3.05) is 58.9 Å². The summed E-state index contributed by atoms with van der Waals surface area (Å²) in [7, 11) is 0. The van der Waals surface area contributed by atoms with Gasteiger partial charge >= 0.3 is 23.9 Å². The molecular weight excluding hydrogens is 402 g/mol. The minimum Gasteiger partial charge on any atom is -0.480 e. The zero-order chi connectivity index (χ0) is 23.5. The van der Waals surface area contributed by atoms with Crippen LogP contribution in [0, 0.1) is 5.41 Å². The number of aliphatic carboxylic acids is 4. The number of hydrogen-bond donors (Lipinski definition) is 4. The van der Waals surface area contributed by atoms with Crippen LogP contribution in [0.15, 0.2) is 0 Å². The molecule has 0 heterocycles. The summed E-state index contributed by atoms with van der Waals surface area (Å²) in [5, 5.41) is 35.9. The maximum atomic E-state index is 12.2. The van der Waals surface area contributed by atoms with Crippen molar-refractivity contribution in [2.45, 2.75) is 20.8 Å².